The Hall–Kier alpha value is -0.550. The van der Waals surface area contributed by atoms with Gasteiger partial charge < -0.3 is 0 Å². The van der Waals surface area contributed by atoms with Crippen LogP contribution in [0.4, 0.5) is 0 Å². The minimum absolute atomic E-state index is 0.977. The number of aliphatic imine (C=N–C) groups is 1. The summed E-state index contributed by atoms with van der Waals surface area (Å²) < 4.78 is 0. The predicted molar refractivity (Wildman–Crippen MR) is 125 cm³/mol. The molecular formula is C26H51N. The molecule has 0 aromatic carbocycles. The maximum atomic E-state index is 4.42. The highest BCUT2D eigenvalue weighted by molar-refractivity contribution is 5.51. The molecular weight excluding hydrogens is 326 g/mol. The van der Waals surface area contributed by atoms with E-state index in [0.29, 0.717) is 0 Å². The van der Waals surface area contributed by atoms with Gasteiger partial charge in [0.2, 0.25) is 0 Å². The van der Waals surface area contributed by atoms with E-state index in [4.69, 9.17) is 0 Å². The van der Waals surface area contributed by atoms with E-state index in [9.17, 15) is 0 Å². The van der Waals surface area contributed by atoms with Gasteiger partial charge in [0, 0.05) is 6.54 Å². The highest BCUT2D eigenvalue weighted by atomic mass is 14.7. The number of allylic oxidation sites excluding steroid dienone is 1. The summed E-state index contributed by atoms with van der Waals surface area (Å²) in [5.41, 5.74) is 0. The minimum Gasteiger partial charge on any atom is -0.243 e. The number of rotatable bonds is 22. The summed E-state index contributed by atoms with van der Waals surface area (Å²) in [6.45, 7) is 5.55. The number of unbranched alkanes of at least 4 members (excludes halogenated alkanes) is 19. The third-order valence-electron chi connectivity index (χ3n) is 5.51. The SMILES string of the molecule is CCCCCCCCCCCCC=C=NCCCCCCCCCCCC. The second-order valence-electron chi connectivity index (χ2n) is 8.37. The van der Waals surface area contributed by atoms with E-state index < -0.39 is 0 Å². The minimum atomic E-state index is 0.977. The monoisotopic (exact) mass is 377 g/mol. The van der Waals surface area contributed by atoms with Gasteiger partial charge in [0.1, 0.15) is 0 Å². The molecule has 0 radical (unpaired) electrons. The molecule has 0 aliphatic carbocycles. The first-order valence-corrected chi connectivity index (χ1v) is 12.7. The van der Waals surface area contributed by atoms with E-state index in [1.807, 2.05) is 0 Å². The standard InChI is InChI=1S/C26H51N/c1-3-5-7-9-11-13-15-16-18-20-22-24-26-27-25-23-21-19-17-14-12-10-8-6-4-2/h24H,3-23,25H2,1-2H3. The van der Waals surface area contributed by atoms with Gasteiger partial charge in [-0.05, 0) is 31.2 Å². The first-order valence-electron chi connectivity index (χ1n) is 12.7. The average Bonchev–Trinajstić information content (AvgIpc) is 2.68. The lowest BCUT2D eigenvalue weighted by atomic mass is 10.1. The Bertz CT molecular complexity index is 286. The van der Waals surface area contributed by atoms with Crippen molar-refractivity contribution in [1.29, 1.82) is 0 Å². The van der Waals surface area contributed by atoms with Crippen molar-refractivity contribution in [3.05, 3.63) is 6.08 Å². The van der Waals surface area contributed by atoms with Crippen LogP contribution in [0, 0.1) is 0 Å². The molecule has 1 nitrogen and oxygen atoms in total. The zero-order valence-electron chi connectivity index (χ0n) is 19.1. The fourth-order valence-electron chi connectivity index (χ4n) is 3.61. The second-order valence-corrected chi connectivity index (χ2v) is 8.37. The van der Waals surface area contributed by atoms with Crippen LogP contribution in [0.2, 0.25) is 0 Å². The van der Waals surface area contributed by atoms with Crippen molar-refractivity contribution in [3.8, 4) is 0 Å². The van der Waals surface area contributed by atoms with E-state index >= 15 is 0 Å². The van der Waals surface area contributed by atoms with Gasteiger partial charge in [-0.2, -0.15) is 0 Å². The number of hydrogen-bond acceptors (Lipinski definition) is 1. The molecule has 160 valence electrons. The Balaban J connectivity index is 3.15. The van der Waals surface area contributed by atoms with Crippen LogP contribution in [-0.4, -0.2) is 12.4 Å². The highest BCUT2D eigenvalue weighted by Crippen LogP contribution is 2.12. The molecule has 0 saturated heterocycles. The molecule has 0 unspecified atom stereocenters. The van der Waals surface area contributed by atoms with Crippen LogP contribution in [0.15, 0.2) is 11.1 Å². The summed E-state index contributed by atoms with van der Waals surface area (Å²) in [4.78, 5) is 4.42. The molecule has 0 atom stereocenters. The van der Waals surface area contributed by atoms with Crippen molar-refractivity contribution in [2.24, 2.45) is 4.99 Å². The third-order valence-corrected chi connectivity index (χ3v) is 5.51. The van der Waals surface area contributed by atoms with E-state index in [1.54, 1.807) is 0 Å². The van der Waals surface area contributed by atoms with Crippen molar-refractivity contribution in [1.82, 2.24) is 0 Å². The van der Waals surface area contributed by atoms with Crippen molar-refractivity contribution >= 4 is 5.87 Å². The van der Waals surface area contributed by atoms with Gasteiger partial charge in [-0.3, -0.25) is 0 Å². The Morgan fingerprint density at radius 3 is 1.30 bits per heavy atom. The van der Waals surface area contributed by atoms with Crippen LogP contribution < -0.4 is 0 Å². The molecule has 0 spiro atoms. The lowest BCUT2D eigenvalue weighted by Gasteiger charge is -2.01. The molecule has 0 fully saturated rings. The summed E-state index contributed by atoms with van der Waals surface area (Å²) >= 11 is 0. The number of hydrogen-bond donors (Lipinski definition) is 0. The van der Waals surface area contributed by atoms with Crippen molar-refractivity contribution in [2.75, 3.05) is 6.54 Å². The van der Waals surface area contributed by atoms with Gasteiger partial charge in [-0.1, -0.05) is 129 Å². The topological polar surface area (TPSA) is 12.4 Å². The Morgan fingerprint density at radius 1 is 0.481 bits per heavy atom. The van der Waals surface area contributed by atoms with E-state index in [-0.39, 0.29) is 0 Å². The normalized spacial score (nSPS) is 10.7. The first-order chi connectivity index (χ1) is 13.4. The van der Waals surface area contributed by atoms with Gasteiger partial charge in [0.05, 0.1) is 0 Å². The highest BCUT2D eigenvalue weighted by Gasteiger charge is 1.93. The smallest absolute Gasteiger partial charge is 0.0483 e. The molecule has 0 amide bonds. The van der Waals surface area contributed by atoms with Crippen LogP contribution in [0.5, 0.6) is 0 Å². The zero-order chi connectivity index (χ0) is 19.7. The molecule has 0 aliphatic heterocycles. The summed E-state index contributed by atoms with van der Waals surface area (Å²) in [6, 6.07) is 0. The van der Waals surface area contributed by atoms with Crippen LogP contribution in [-0.2, 0) is 0 Å². The molecule has 0 saturated carbocycles. The summed E-state index contributed by atoms with van der Waals surface area (Å²) in [5, 5.41) is 0. The second kappa shape index (κ2) is 25.4. The van der Waals surface area contributed by atoms with E-state index in [1.165, 1.54) is 128 Å². The van der Waals surface area contributed by atoms with Gasteiger partial charge in [-0.15, -0.1) is 0 Å². The van der Waals surface area contributed by atoms with Crippen molar-refractivity contribution in [3.63, 3.8) is 0 Å². The quantitative estimate of drug-likeness (QED) is 0.131. The molecule has 0 aromatic rings. The van der Waals surface area contributed by atoms with Gasteiger partial charge >= 0.3 is 0 Å². The summed E-state index contributed by atoms with van der Waals surface area (Å²) in [5.74, 6) is 3.15. The molecule has 27 heavy (non-hydrogen) atoms. The predicted octanol–water partition coefficient (Wildman–Crippen LogP) is 9.44. The van der Waals surface area contributed by atoms with Crippen LogP contribution >= 0.6 is 0 Å². The first kappa shape index (κ1) is 26.4. The van der Waals surface area contributed by atoms with Crippen molar-refractivity contribution in [2.45, 2.75) is 149 Å². The van der Waals surface area contributed by atoms with Crippen LogP contribution in [0.1, 0.15) is 149 Å². The molecule has 0 N–H and O–H groups in total. The van der Waals surface area contributed by atoms with Gasteiger partial charge in [0.15, 0.2) is 0 Å². The molecule has 0 bridgehead atoms. The molecule has 1 heteroatoms. The average molecular weight is 378 g/mol. The zero-order valence-corrected chi connectivity index (χ0v) is 19.1. The van der Waals surface area contributed by atoms with Gasteiger partial charge in [0.25, 0.3) is 0 Å². The fraction of sp³-hybridized carbons (Fsp3) is 0.923. The molecule has 0 aromatic heterocycles. The van der Waals surface area contributed by atoms with Crippen molar-refractivity contribution < 1.29 is 0 Å². The Morgan fingerprint density at radius 2 is 0.852 bits per heavy atom. The number of nitrogens with zero attached hydrogens (tertiary/aromatic N) is 1. The third kappa shape index (κ3) is 25.5. The molecule has 0 heterocycles. The summed E-state index contributed by atoms with van der Waals surface area (Å²) in [7, 11) is 0. The largest absolute Gasteiger partial charge is 0.243 e. The van der Waals surface area contributed by atoms with Crippen LogP contribution in [0.3, 0.4) is 0 Å². The molecule has 0 rings (SSSR count). The maximum absolute atomic E-state index is 4.42. The van der Waals surface area contributed by atoms with E-state index in [0.717, 1.165) is 13.0 Å². The van der Waals surface area contributed by atoms with Crippen LogP contribution in [0.25, 0.3) is 0 Å². The lowest BCUT2D eigenvalue weighted by molar-refractivity contribution is 0.557. The Kier molecular flexibility index (Phi) is 24.9. The lowest BCUT2D eigenvalue weighted by Crippen LogP contribution is -1.84. The van der Waals surface area contributed by atoms with E-state index in [2.05, 4.69) is 30.8 Å². The van der Waals surface area contributed by atoms with Gasteiger partial charge in [-0.25, -0.2) is 4.99 Å². The maximum Gasteiger partial charge on any atom is 0.0483 e. The molecule has 0 aliphatic rings. The Labute approximate surface area is 172 Å². The fourth-order valence-corrected chi connectivity index (χ4v) is 3.61. The summed E-state index contributed by atoms with van der Waals surface area (Å²) in [6.07, 6.45) is 31.4.